The third-order valence-corrected chi connectivity index (χ3v) is 8.46. The molecule has 3 rings (SSSR count). The summed E-state index contributed by atoms with van der Waals surface area (Å²) in [6, 6.07) is 12.6. The van der Waals surface area contributed by atoms with Gasteiger partial charge in [0.1, 0.15) is 0 Å². The standard InChI is InChI=1S/C21H25AsCl2N2O/c1-3-15(13-23)25-10-4-9-22-21-17-7-5-14(24)11-20(17)26-19-8-6-16(27-2)12-18(19)21/h5-8,11-12,15,22,25H,3-4,9-10,13H2,1-2H3. The van der Waals surface area contributed by atoms with E-state index in [2.05, 4.69) is 24.4 Å². The third kappa shape index (κ3) is 5.09. The Labute approximate surface area is 177 Å². The summed E-state index contributed by atoms with van der Waals surface area (Å²) in [6.45, 7) is 3.19. The van der Waals surface area contributed by atoms with E-state index in [0.29, 0.717) is 11.9 Å². The van der Waals surface area contributed by atoms with Crippen LogP contribution in [-0.2, 0) is 0 Å². The molecule has 0 bridgehead atoms. The normalized spacial score (nSPS) is 13.0. The Morgan fingerprint density at radius 1 is 1.15 bits per heavy atom. The monoisotopic (exact) mass is 466 g/mol. The first-order valence-corrected chi connectivity index (χ1v) is 12.7. The van der Waals surface area contributed by atoms with Crippen LogP contribution in [0, 0.1) is 0 Å². The van der Waals surface area contributed by atoms with Crippen LogP contribution in [0.15, 0.2) is 36.4 Å². The summed E-state index contributed by atoms with van der Waals surface area (Å²) in [7, 11) is 1.71. The molecule has 0 radical (unpaired) electrons. The minimum absolute atomic E-state index is 0.315. The summed E-state index contributed by atoms with van der Waals surface area (Å²) >= 11 is 11.9. The van der Waals surface area contributed by atoms with Gasteiger partial charge in [0, 0.05) is 0 Å². The number of ether oxygens (including phenoxy) is 1. The molecule has 2 atom stereocenters. The van der Waals surface area contributed by atoms with Gasteiger partial charge in [-0.2, -0.15) is 0 Å². The molecule has 0 saturated carbocycles. The number of rotatable bonds is 9. The number of methoxy groups -OCH3 is 1. The second-order valence-electron chi connectivity index (χ2n) is 6.53. The Balaban J connectivity index is 1.86. The van der Waals surface area contributed by atoms with Crippen LogP contribution in [0.25, 0.3) is 21.8 Å². The van der Waals surface area contributed by atoms with Crippen LogP contribution in [0.1, 0.15) is 19.8 Å². The van der Waals surface area contributed by atoms with Crippen LogP contribution in [-0.4, -0.2) is 46.3 Å². The average Bonchev–Trinajstić information content (AvgIpc) is 2.69. The molecule has 0 aliphatic carbocycles. The molecular formula is C21H25AsCl2N2O. The van der Waals surface area contributed by atoms with E-state index in [1.807, 2.05) is 24.3 Å². The number of hydrogen-bond donors (Lipinski definition) is 1. The van der Waals surface area contributed by atoms with Gasteiger partial charge in [-0.3, -0.25) is 0 Å². The molecule has 2 aromatic carbocycles. The number of pyridine rings is 1. The van der Waals surface area contributed by atoms with E-state index in [4.69, 9.17) is 32.9 Å². The van der Waals surface area contributed by atoms with Crippen molar-refractivity contribution < 1.29 is 4.74 Å². The van der Waals surface area contributed by atoms with Crippen LogP contribution in [0.2, 0.25) is 10.2 Å². The molecule has 0 amide bonds. The van der Waals surface area contributed by atoms with Crippen LogP contribution >= 0.6 is 23.2 Å². The molecule has 0 aliphatic heterocycles. The number of nitrogens with zero attached hydrogens (tertiary/aromatic N) is 1. The summed E-state index contributed by atoms with van der Waals surface area (Å²) in [5.74, 6) is 1.55. The van der Waals surface area contributed by atoms with E-state index in [0.717, 1.165) is 41.2 Å². The van der Waals surface area contributed by atoms with E-state index >= 15 is 0 Å². The van der Waals surface area contributed by atoms with Crippen LogP contribution in [0.3, 0.4) is 0 Å². The molecule has 27 heavy (non-hydrogen) atoms. The molecule has 0 saturated heterocycles. The van der Waals surface area contributed by atoms with Crippen molar-refractivity contribution in [2.75, 3.05) is 19.5 Å². The Morgan fingerprint density at radius 2 is 2.00 bits per heavy atom. The van der Waals surface area contributed by atoms with E-state index < -0.39 is 0 Å². The van der Waals surface area contributed by atoms with Crippen LogP contribution in [0.5, 0.6) is 5.75 Å². The molecule has 0 fully saturated rings. The predicted octanol–water partition coefficient (Wildman–Crippen LogP) is 4.53. The zero-order valence-electron chi connectivity index (χ0n) is 15.7. The molecule has 3 nitrogen and oxygen atoms in total. The van der Waals surface area contributed by atoms with Crippen molar-refractivity contribution in [1.82, 2.24) is 10.3 Å². The number of halogens is 2. The van der Waals surface area contributed by atoms with Gasteiger partial charge in [0.25, 0.3) is 0 Å². The summed E-state index contributed by atoms with van der Waals surface area (Å²) in [4.78, 5) is 4.82. The summed E-state index contributed by atoms with van der Waals surface area (Å²) in [5, 5.41) is 7.93. The molecule has 0 aliphatic rings. The van der Waals surface area contributed by atoms with Gasteiger partial charge in [-0.05, 0) is 0 Å². The average molecular weight is 467 g/mol. The number of aromatic nitrogens is 1. The zero-order chi connectivity index (χ0) is 19.2. The number of hydrogen-bond acceptors (Lipinski definition) is 3. The molecule has 1 aromatic heterocycles. The van der Waals surface area contributed by atoms with Crippen molar-refractivity contribution in [1.29, 1.82) is 0 Å². The molecule has 144 valence electrons. The zero-order valence-corrected chi connectivity index (χ0v) is 19.3. The topological polar surface area (TPSA) is 34.2 Å². The fraction of sp³-hybridized carbons (Fsp3) is 0.381. The first-order chi connectivity index (χ1) is 13.2. The maximum absolute atomic E-state index is 6.20. The number of nitrogens with one attached hydrogen (secondary N) is 1. The van der Waals surface area contributed by atoms with Gasteiger partial charge in [0.2, 0.25) is 0 Å². The first kappa shape index (κ1) is 20.7. The van der Waals surface area contributed by atoms with Gasteiger partial charge in [-0.1, -0.05) is 0 Å². The molecule has 0 spiro atoms. The number of fused-ring (bicyclic) bond motifs is 2. The van der Waals surface area contributed by atoms with Gasteiger partial charge in [-0.15, -0.1) is 0 Å². The molecule has 3 aromatic rings. The second kappa shape index (κ2) is 9.98. The number of alkyl halides is 1. The predicted molar refractivity (Wildman–Crippen MR) is 120 cm³/mol. The Kier molecular flexibility index (Phi) is 7.66. The SMILES string of the molecule is CCC(CCl)NCCC[AsH]c1c2ccc(Cl)cc2nc2ccc(OC)cc12. The third-order valence-electron chi connectivity index (χ3n) is 4.71. The van der Waals surface area contributed by atoms with Crippen molar-refractivity contribution in [2.45, 2.75) is 31.0 Å². The van der Waals surface area contributed by atoms with E-state index in [1.54, 1.807) is 7.11 Å². The minimum atomic E-state index is -0.315. The fourth-order valence-electron chi connectivity index (χ4n) is 3.13. The molecular weight excluding hydrogens is 442 g/mol. The molecule has 2 unspecified atom stereocenters. The van der Waals surface area contributed by atoms with Crippen LogP contribution < -0.4 is 14.4 Å². The van der Waals surface area contributed by atoms with E-state index in [9.17, 15) is 0 Å². The second-order valence-corrected chi connectivity index (χ2v) is 10.1. The summed E-state index contributed by atoms with van der Waals surface area (Å²) < 4.78 is 6.88. The molecule has 1 heterocycles. The van der Waals surface area contributed by atoms with Crippen molar-refractivity contribution in [3.8, 4) is 5.75 Å². The van der Waals surface area contributed by atoms with Crippen molar-refractivity contribution in [3.05, 3.63) is 41.4 Å². The van der Waals surface area contributed by atoms with Gasteiger partial charge in [0.15, 0.2) is 0 Å². The Hall–Kier alpha value is -0.992. The maximum atomic E-state index is 6.20. The molecule has 1 N–H and O–H groups in total. The van der Waals surface area contributed by atoms with Crippen molar-refractivity contribution >= 4 is 65.1 Å². The van der Waals surface area contributed by atoms with Crippen molar-refractivity contribution in [3.63, 3.8) is 0 Å². The van der Waals surface area contributed by atoms with Crippen LogP contribution in [0.4, 0.5) is 0 Å². The summed E-state index contributed by atoms with van der Waals surface area (Å²) in [6.07, 6.45) is 2.23. The fourth-order valence-corrected chi connectivity index (χ4v) is 6.55. The Bertz CT molecular complexity index is 915. The van der Waals surface area contributed by atoms with Crippen molar-refractivity contribution in [2.24, 2.45) is 0 Å². The first-order valence-electron chi connectivity index (χ1n) is 9.26. The van der Waals surface area contributed by atoms with E-state index in [-0.39, 0.29) is 15.8 Å². The van der Waals surface area contributed by atoms with Gasteiger partial charge < -0.3 is 0 Å². The Morgan fingerprint density at radius 3 is 2.74 bits per heavy atom. The quantitative estimate of drug-likeness (QED) is 0.218. The van der Waals surface area contributed by atoms with Gasteiger partial charge in [0.05, 0.1) is 0 Å². The van der Waals surface area contributed by atoms with E-state index in [1.165, 1.54) is 20.3 Å². The summed E-state index contributed by atoms with van der Waals surface area (Å²) in [5.41, 5.74) is 1.99. The molecule has 6 heteroatoms. The van der Waals surface area contributed by atoms with Gasteiger partial charge >= 0.3 is 178 Å². The van der Waals surface area contributed by atoms with Gasteiger partial charge in [-0.25, -0.2) is 0 Å². The number of benzene rings is 2.